The minimum atomic E-state index is 0.259. The minimum absolute atomic E-state index is 0.259. The van der Waals surface area contributed by atoms with Crippen LogP contribution in [0.1, 0.15) is 52.4 Å². The van der Waals surface area contributed by atoms with Crippen molar-refractivity contribution < 1.29 is 9.53 Å². The number of nitrogens with zero attached hydrogens (tertiary/aromatic N) is 1. The summed E-state index contributed by atoms with van der Waals surface area (Å²) in [5, 5.41) is 0. The first-order valence-electron chi connectivity index (χ1n) is 7.50. The molecule has 0 saturated carbocycles. The van der Waals surface area contributed by atoms with E-state index < -0.39 is 0 Å². The van der Waals surface area contributed by atoms with Crippen molar-refractivity contribution in [2.45, 2.75) is 52.4 Å². The fourth-order valence-electron chi connectivity index (χ4n) is 2.32. The Morgan fingerprint density at radius 2 is 1.89 bits per heavy atom. The second-order valence-electron chi connectivity index (χ2n) is 5.81. The van der Waals surface area contributed by atoms with Gasteiger partial charge in [0.05, 0.1) is 0 Å². The number of hydrogen-bond donors (Lipinski definition) is 0. The van der Waals surface area contributed by atoms with Crippen LogP contribution in [0.25, 0.3) is 0 Å². The highest BCUT2D eigenvalue weighted by Gasteiger charge is 2.09. The summed E-state index contributed by atoms with van der Waals surface area (Å²) in [4.78, 5) is 14.1. The lowest BCUT2D eigenvalue weighted by atomic mass is 10.1. The number of likely N-dealkylation sites (tertiary alicyclic amines) is 1. The number of piperidine rings is 1. The van der Waals surface area contributed by atoms with Gasteiger partial charge < -0.3 is 9.64 Å². The molecule has 0 aromatic carbocycles. The van der Waals surface area contributed by atoms with Crippen molar-refractivity contribution in [2.24, 2.45) is 5.92 Å². The largest absolute Gasteiger partial charge is 0.373 e. The van der Waals surface area contributed by atoms with Crippen molar-refractivity contribution >= 4 is 5.78 Å². The van der Waals surface area contributed by atoms with E-state index in [2.05, 4.69) is 18.7 Å². The number of rotatable bonds is 9. The molecule has 1 saturated heterocycles. The molecule has 0 atom stereocenters. The Morgan fingerprint density at radius 1 is 1.17 bits per heavy atom. The van der Waals surface area contributed by atoms with Crippen LogP contribution in [-0.2, 0) is 9.53 Å². The second-order valence-corrected chi connectivity index (χ2v) is 5.81. The van der Waals surface area contributed by atoms with Gasteiger partial charge >= 0.3 is 0 Å². The zero-order valence-electron chi connectivity index (χ0n) is 12.1. The van der Waals surface area contributed by atoms with Crippen molar-refractivity contribution in [2.75, 3.05) is 32.8 Å². The van der Waals surface area contributed by atoms with Crippen molar-refractivity contribution in [3.8, 4) is 0 Å². The molecule has 1 fully saturated rings. The fourth-order valence-corrected chi connectivity index (χ4v) is 2.32. The lowest BCUT2D eigenvalue weighted by molar-refractivity contribution is -0.124. The zero-order chi connectivity index (χ0) is 13.2. The summed E-state index contributed by atoms with van der Waals surface area (Å²) in [6, 6.07) is 0. The third-order valence-electron chi connectivity index (χ3n) is 3.34. The Morgan fingerprint density at radius 3 is 2.56 bits per heavy atom. The molecule has 0 spiro atoms. The van der Waals surface area contributed by atoms with Gasteiger partial charge in [0.25, 0.3) is 0 Å². The van der Waals surface area contributed by atoms with E-state index in [9.17, 15) is 4.79 Å². The molecule has 106 valence electrons. The summed E-state index contributed by atoms with van der Waals surface area (Å²) in [6.07, 6.45) is 6.94. The highest BCUT2D eigenvalue weighted by molar-refractivity contribution is 5.79. The average molecular weight is 255 g/mol. The Hall–Kier alpha value is -0.410. The Balaban J connectivity index is 1.91. The van der Waals surface area contributed by atoms with Crippen LogP contribution < -0.4 is 0 Å². The van der Waals surface area contributed by atoms with E-state index in [1.807, 2.05) is 0 Å². The van der Waals surface area contributed by atoms with E-state index in [1.165, 1.54) is 38.9 Å². The predicted molar refractivity (Wildman–Crippen MR) is 74.8 cm³/mol. The Kier molecular flexibility index (Phi) is 8.27. The molecule has 1 heterocycles. The van der Waals surface area contributed by atoms with Gasteiger partial charge in [-0.15, -0.1) is 0 Å². The van der Waals surface area contributed by atoms with E-state index in [0.29, 0.717) is 25.6 Å². The van der Waals surface area contributed by atoms with E-state index in [1.54, 1.807) is 0 Å². The van der Waals surface area contributed by atoms with Gasteiger partial charge in [-0.3, -0.25) is 4.79 Å². The molecule has 1 aliphatic rings. The van der Waals surface area contributed by atoms with Crippen LogP contribution in [0.15, 0.2) is 0 Å². The molecule has 0 aromatic heterocycles. The van der Waals surface area contributed by atoms with E-state index in [4.69, 9.17) is 4.74 Å². The summed E-state index contributed by atoms with van der Waals surface area (Å²) in [6.45, 7) is 8.88. The molecule has 3 heteroatoms. The molecule has 0 radical (unpaired) electrons. The zero-order valence-corrected chi connectivity index (χ0v) is 12.1. The third-order valence-corrected chi connectivity index (χ3v) is 3.34. The maximum absolute atomic E-state index is 11.5. The molecule has 0 amide bonds. The first kappa shape index (κ1) is 15.6. The van der Waals surface area contributed by atoms with Crippen molar-refractivity contribution in [3.63, 3.8) is 0 Å². The van der Waals surface area contributed by atoms with Gasteiger partial charge in [-0.05, 0) is 51.2 Å². The maximum Gasteiger partial charge on any atom is 0.158 e. The van der Waals surface area contributed by atoms with Crippen LogP contribution in [0, 0.1) is 5.92 Å². The first-order chi connectivity index (χ1) is 8.68. The average Bonchev–Trinajstić information content (AvgIpc) is 2.35. The fraction of sp³-hybridized carbons (Fsp3) is 0.933. The van der Waals surface area contributed by atoms with Crippen LogP contribution >= 0.6 is 0 Å². The molecule has 0 aliphatic carbocycles. The minimum Gasteiger partial charge on any atom is -0.373 e. The van der Waals surface area contributed by atoms with Crippen molar-refractivity contribution in [1.82, 2.24) is 4.90 Å². The predicted octanol–water partition coefficient (Wildman–Crippen LogP) is 2.88. The van der Waals surface area contributed by atoms with E-state index in [-0.39, 0.29) is 5.78 Å². The van der Waals surface area contributed by atoms with Crippen LogP contribution in [0.4, 0.5) is 0 Å². The van der Waals surface area contributed by atoms with Gasteiger partial charge in [0, 0.05) is 13.0 Å². The lowest BCUT2D eigenvalue weighted by Crippen LogP contribution is -2.30. The monoisotopic (exact) mass is 255 g/mol. The van der Waals surface area contributed by atoms with Gasteiger partial charge in [0.1, 0.15) is 6.61 Å². The number of hydrogen-bond acceptors (Lipinski definition) is 3. The molecule has 0 unspecified atom stereocenters. The standard InChI is InChI=1S/C15H29NO2/c1-14(2)12-18-13-15(17)8-4-7-11-16-9-5-3-6-10-16/h14H,3-13H2,1-2H3. The van der Waals surface area contributed by atoms with E-state index in [0.717, 1.165) is 12.8 Å². The molecule has 18 heavy (non-hydrogen) atoms. The van der Waals surface area contributed by atoms with Gasteiger partial charge in [0.2, 0.25) is 0 Å². The van der Waals surface area contributed by atoms with Crippen molar-refractivity contribution in [1.29, 1.82) is 0 Å². The third kappa shape index (κ3) is 7.83. The van der Waals surface area contributed by atoms with Crippen LogP contribution in [0.5, 0.6) is 0 Å². The van der Waals surface area contributed by atoms with Crippen molar-refractivity contribution in [3.05, 3.63) is 0 Å². The molecule has 1 rings (SSSR count). The smallest absolute Gasteiger partial charge is 0.158 e. The molecular formula is C15H29NO2. The SMILES string of the molecule is CC(C)COCC(=O)CCCCN1CCCCC1. The summed E-state index contributed by atoms with van der Waals surface area (Å²) in [7, 11) is 0. The van der Waals surface area contributed by atoms with Gasteiger partial charge in [0.15, 0.2) is 5.78 Å². The quantitative estimate of drug-likeness (QED) is 0.593. The van der Waals surface area contributed by atoms with Crippen LogP contribution in [0.2, 0.25) is 0 Å². The number of carbonyl (C=O) groups is 1. The summed E-state index contributed by atoms with van der Waals surface area (Å²) < 4.78 is 5.34. The number of Topliss-reactive ketones (excluding diaryl/α,β-unsaturated/α-hetero) is 1. The normalized spacial score (nSPS) is 17.3. The highest BCUT2D eigenvalue weighted by atomic mass is 16.5. The number of carbonyl (C=O) groups excluding carboxylic acids is 1. The molecular weight excluding hydrogens is 226 g/mol. The Labute approximate surface area is 112 Å². The van der Waals surface area contributed by atoms with Gasteiger partial charge in [-0.1, -0.05) is 20.3 Å². The first-order valence-corrected chi connectivity index (χ1v) is 7.50. The molecule has 0 bridgehead atoms. The number of ether oxygens (including phenoxy) is 1. The van der Waals surface area contributed by atoms with Crippen LogP contribution in [0.3, 0.4) is 0 Å². The lowest BCUT2D eigenvalue weighted by Gasteiger charge is -2.26. The molecule has 3 nitrogen and oxygen atoms in total. The summed E-state index contributed by atoms with van der Waals surface area (Å²) in [5.41, 5.74) is 0. The maximum atomic E-state index is 11.5. The Bertz CT molecular complexity index is 223. The van der Waals surface area contributed by atoms with Crippen LogP contribution in [-0.4, -0.2) is 43.5 Å². The topological polar surface area (TPSA) is 29.5 Å². The number of ketones is 1. The van der Waals surface area contributed by atoms with Gasteiger partial charge in [-0.25, -0.2) is 0 Å². The number of unbranched alkanes of at least 4 members (excludes halogenated alkanes) is 1. The second kappa shape index (κ2) is 9.51. The highest BCUT2D eigenvalue weighted by Crippen LogP contribution is 2.10. The molecule has 0 aromatic rings. The molecule has 0 N–H and O–H groups in total. The summed E-state index contributed by atoms with van der Waals surface area (Å²) in [5.74, 6) is 0.770. The van der Waals surface area contributed by atoms with E-state index >= 15 is 0 Å². The van der Waals surface area contributed by atoms with Gasteiger partial charge in [-0.2, -0.15) is 0 Å². The molecule has 1 aliphatic heterocycles. The summed E-state index contributed by atoms with van der Waals surface area (Å²) >= 11 is 0.